The van der Waals surface area contributed by atoms with Crippen LogP contribution in [0.5, 0.6) is 0 Å². The van der Waals surface area contributed by atoms with Crippen LogP contribution in [0.1, 0.15) is 23.1 Å². The third-order valence-corrected chi connectivity index (χ3v) is 7.17. The van der Waals surface area contributed by atoms with Crippen LogP contribution >= 0.6 is 23.4 Å². The summed E-state index contributed by atoms with van der Waals surface area (Å²) in [5, 5.41) is 7.41. The fourth-order valence-corrected chi connectivity index (χ4v) is 5.35. The van der Waals surface area contributed by atoms with E-state index in [1.807, 2.05) is 0 Å². The third-order valence-electron chi connectivity index (χ3n) is 6.05. The van der Waals surface area contributed by atoms with E-state index in [1.165, 1.54) is 23.0 Å². The predicted molar refractivity (Wildman–Crippen MR) is 129 cm³/mol. The van der Waals surface area contributed by atoms with Crippen molar-refractivity contribution in [1.29, 1.82) is 0 Å². The number of nitrogens with zero attached hydrogens (tertiary/aromatic N) is 3. The Morgan fingerprint density at radius 2 is 1.97 bits per heavy atom. The number of halogens is 4. The average molecular weight is 535 g/mol. The summed E-state index contributed by atoms with van der Waals surface area (Å²) >= 11 is 6.54. The molecular formula is C24H18ClF3N4O3S. The number of rotatable bonds is 4. The van der Waals surface area contributed by atoms with Crippen molar-refractivity contribution in [2.75, 3.05) is 13.1 Å². The van der Waals surface area contributed by atoms with Crippen molar-refractivity contribution in [3.05, 3.63) is 69.2 Å². The molecule has 12 heteroatoms. The zero-order valence-electron chi connectivity index (χ0n) is 18.5. The molecule has 0 radical (unpaired) electrons. The number of ketones is 1. The van der Waals surface area contributed by atoms with E-state index in [4.69, 9.17) is 11.6 Å². The average Bonchev–Trinajstić information content (AvgIpc) is 3.34. The standard InChI is InChI=1S/C24H18ClF3N4O3S/c25-16-3-2-14(17(9-16)24(26,27)28)12-31-18-4-1-13(7-15(18)10-30-31)8-21-22(34)32(23(35)36-21)19-11-29-6-5-20(19)33/h1-4,7-10,19,29H,5-6,11-12H2/b21-8-. The molecule has 2 aliphatic heterocycles. The number of Topliss-reactive ketones (excluding diaryl/α,β-unsaturated/α-hetero) is 1. The Bertz CT molecular complexity index is 1440. The normalized spacial score (nSPS) is 20.2. The second-order valence-corrected chi connectivity index (χ2v) is 9.84. The number of amides is 2. The van der Waals surface area contributed by atoms with E-state index >= 15 is 0 Å². The second kappa shape index (κ2) is 9.38. The van der Waals surface area contributed by atoms with Gasteiger partial charge in [-0.05, 0) is 53.2 Å². The molecule has 186 valence electrons. The molecule has 2 saturated heterocycles. The van der Waals surface area contributed by atoms with Crippen LogP contribution in [0.3, 0.4) is 0 Å². The molecule has 2 aromatic carbocycles. The summed E-state index contributed by atoms with van der Waals surface area (Å²) in [6, 6.07) is 7.92. The lowest BCUT2D eigenvalue weighted by Gasteiger charge is -2.27. The predicted octanol–water partition coefficient (Wildman–Crippen LogP) is 4.72. The van der Waals surface area contributed by atoms with E-state index in [0.717, 1.165) is 22.7 Å². The Morgan fingerprint density at radius 3 is 2.72 bits per heavy atom. The first-order chi connectivity index (χ1) is 17.1. The minimum absolute atomic E-state index is 0.00503. The number of benzene rings is 2. The fraction of sp³-hybridized carbons (Fsp3) is 0.250. The van der Waals surface area contributed by atoms with Crippen molar-refractivity contribution >= 4 is 57.3 Å². The molecule has 2 amide bonds. The summed E-state index contributed by atoms with van der Waals surface area (Å²) in [7, 11) is 0. The number of piperidine rings is 1. The van der Waals surface area contributed by atoms with E-state index < -0.39 is 28.9 Å². The Balaban J connectivity index is 1.40. The van der Waals surface area contributed by atoms with Crippen LogP contribution in [0.2, 0.25) is 5.02 Å². The topological polar surface area (TPSA) is 84.3 Å². The number of thioether (sulfide) groups is 1. The first kappa shape index (κ1) is 24.5. The maximum atomic E-state index is 13.5. The molecule has 7 nitrogen and oxygen atoms in total. The molecule has 0 aliphatic carbocycles. The minimum atomic E-state index is -4.56. The van der Waals surface area contributed by atoms with Gasteiger partial charge in [0.25, 0.3) is 11.1 Å². The molecule has 36 heavy (non-hydrogen) atoms. The molecular weight excluding hydrogens is 517 g/mol. The Kier molecular flexibility index (Phi) is 6.39. The van der Waals surface area contributed by atoms with Gasteiger partial charge < -0.3 is 5.32 Å². The highest BCUT2D eigenvalue weighted by Crippen LogP contribution is 2.36. The zero-order valence-corrected chi connectivity index (χ0v) is 20.1. The third kappa shape index (κ3) is 4.65. The number of aromatic nitrogens is 2. The fourth-order valence-electron chi connectivity index (χ4n) is 4.30. The van der Waals surface area contributed by atoms with Gasteiger partial charge in [0.1, 0.15) is 6.04 Å². The van der Waals surface area contributed by atoms with Crippen LogP contribution in [-0.2, 0) is 22.3 Å². The molecule has 3 heterocycles. The van der Waals surface area contributed by atoms with Gasteiger partial charge in [0.05, 0.1) is 28.7 Å². The van der Waals surface area contributed by atoms with Crippen LogP contribution in [0.4, 0.5) is 18.0 Å². The van der Waals surface area contributed by atoms with Crippen molar-refractivity contribution in [3.8, 4) is 0 Å². The maximum Gasteiger partial charge on any atom is 0.416 e. The summed E-state index contributed by atoms with van der Waals surface area (Å²) in [4.78, 5) is 38.8. The SMILES string of the molecule is O=C1CCNCC1N1C(=O)S/C(=C\c2ccc3c(cnn3Cc3ccc(Cl)cc3C(F)(F)F)c2)C1=O. The number of nitrogens with one attached hydrogen (secondary N) is 1. The first-order valence-electron chi connectivity index (χ1n) is 10.9. The lowest BCUT2D eigenvalue weighted by Crippen LogP contribution is -2.53. The van der Waals surface area contributed by atoms with E-state index in [1.54, 1.807) is 24.3 Å². The zero-order chi connectivity index (χ0) is 25.6. The number of fused-ring (bicyclic) bond motifs is 1. The van der Waals surface area contributed by atoms with Gasteiger partial charge in [-0.2, -0.15) is 18.3 Å². The molecule has 1 N–H and O–H groups in total. The van der Waals surface area contributed by atoms with Crippen molar-refractivity contribution in [2.45, 2.75) is 25.2 Å². The summed E-state index contributed by atoms with van der Waals surface area (Å²) in [5.74, 6) is -0.675. The van der Waals surface area contributed by atoms with Crippen molar-refractivity contribution in [3.63, 3.8) is 0 Å². The van der Waals surface area contributed by atoms with Crippen LogP contribution < -0.4 is 5.32 Å². The molecule has 3 aromatic rings. The quantitative estimate of drug-likeness (QED) is 0.487. The maximum absolute atomic E-state index is 13.5. The molecule has 2 aliphatic rings. The number of carbonyl (C=O) groups is 3. The summed E-state index contributed by atoms with van der Waals surface area (Å²) < 4.78 is 41.9. The van der Waals surface area contributed by atoms with Gasteiger partial charge in [-0.1, -0.05) is 23.7 Å². The van der Waals surface area contributed by atoms with Crippen LogP contribution in [0, 0.1) is 0 Å². The molecule has 2 fully saturated rings. The van der Waals surface area contributed by atoms with Gasteiger partial charge in [0, 0.05) is 29.9 Å². The van der Waals surface area contributed by atoms with E-state index in [2.05, 4.69) is 10.4 Å². The first-order valence-corrected chi connectivity index (χ1v) is 12.1. The highest BCUT2D eigenvalue weighted by Gasteiger charge is 2.43. The monoisotopic (exact) mass is 534 g/mol. The van der Waals surface area contributed by atoms with E-state index in [-0.39, 0.29) is 40.8 Å². The molecule has 0 bridgehead atoms. The molecule has 1 atom stereocenters. The van der Waals surface area contributed by atoms with Gasteiger partial charge in [0.2, 0.25) is 0 Å². The number of carbonyl (C=O) groups excluding carboxylic acids is 3. The summed E-state index contributed by atoms with van der Waals surface area (Å²) in [6.45, 7) is 0.640. The lowest BCUT2D eigenvalue weighted by molar-refractivity contribution is -0.138. The molecule has 5 rings (SSSR count). The Morgan fingerprint density at radius 1 is 1.17 bits per heavy atom. The van der Waals surface area contributed by atoms with Crippen molar-refractivity contribution in [2.24, 2.45) is 0 Å². The molecule has 0 saturated carbocycles. The molecule has 0 spiro atoms. The van der Waals surface area contributed by atoms with Gasteiger partial charge >= 0.3 is 6.18 Å². The van der Waals surface area contributed by atoms with E-state index in [9.17, 15) is 27.6 Å². The minimum Gasteiger partial charge on any atom is -0.314 e. The summed E-state index contributed by atoms with van der Waals surface area (Å²) in [6.07, 6.45) is -1.22. The largest absolute Gasteiger partial charge is 0.416 e. The van der Waals surface area contributed by atoms with Crippen LogP contribution in [-0.4, -0.2) is 50.7 Å². The Hall–Kier alpha value is -3.15. The van der Waals surface area contributed by atoms with Gasteiger partial charge in [-0.15, -0.1) is 0 Å². The van der Waals surface area contributed by atoms with Gasteiger partial charge in [-0.25, -0.2) is 0 Å². The number of imide groups is 1. The smallest absolute Gasteiger partial charge is 0.314 e. The Labute approximate surface area is 212 Å². The number of alkyl halides is 3. The van der Waals surface area contributed by atoms with Gasteiger partial charge in [0.15, 0.2) is 5.78 Å². The number of hydrogen-bond acceptors (Lipinski definition) is 6. The lowest BCUT2D eigenvalue weighted by atomic mass is 10.0. The van der Waals surface area contributed by atoms with E-state index in [0.29, 0.717) is 23.0 Å². The molecule has 1 aromatic heterocycles. The van der Waals surface area contributed by atoms with Crippen molar-refractivity contribution in [1.82, 2.24) is 20.0 Å². The highest BCUT2D eigenvalue weighted by molar-refractivity contribution is 8.18. The van der Waals surface area contributed by atoms with Gasteiger partial charge in [-0.3, -0.25) is 24.0 Å². The summed E-state index contributed by atoms with van der Waals surface area (Å²) in [5.41, 5.74) is 0.421. The van der Waals surface area contributed by atoms with Crippen molar-refractivity contribution < 1.29 is 27.6 Å². The van der Waals surface area contributed by atoms with Crippen LogP contribution in [0.15, 0.2) is 47.5 Å². The van der Waals surface area contributed by atoms with Crippen LogP contribution in [0.25, 0.3) is 17.0 Å². The number of hydrogen-bond donors (Lipinski definition) is 1. The molecule has 1 unspecified atom stereocenters. The highest BCUT2D eigenvalue weighted by atomic mass is 35.5. The second-order valence-electron chi connectivity index (χ2n) is 8.41.